The normalized spacial score (nSPS) is 45.6. The summed E-state index contributed by atoms with van der Waals surface area (Å²) in [5, 5.41) is 10.2. The van der Waals surface area contributed by atoms with Crippen LogP contribution in [0.4, 0.5) is 4.39 Å². The fourth-order valence-electron chi connectivity index (χ4n) is 6.08. The van der Waals surface area contributed by atoms with E-state index in [1.807, 2.05) is 7.05 Å². The van der Waals surface area contributed by atoms with Gasteiger partial charge in [-0.25, -0.2) is 4.39 Å². The molecular weight excluding hydrogens is 343 g/mol. The minimum Gasteiger partial charge on any atom is -0.352 e. The van der Waals surface area contributed by atoms with Crippen molar-refractivity contribution in [1.29, 1.82) is 0 Å². The predicted octanol–water partition coefficient (Wildman–Crippen LogP) is 1.82. The van der Waals surface area contributed by atoms with Gasteiger partial charge >= 0.3 is 0 Å². The number of nitrogens with one attached hydrogen (secondary N) is 3. The predicted molar refractivity (Wildman–Crippen MR) is 105 cm³/mol. The summed E-state index contributed by atoms with van der Waals surface area (Å²) >= 11 is 0. The topological polar surface area (TPSA) is 56.4 Å². The lowest BCUT2D eigenvalue weighted by atomic mass is 9.77. The zero-order chi connectivity index (χ0) is 19.0. The second-order valence-electron chi connectivity index (χ2n) is 9.51. The number of hydrogen-bond donors (Lipinski definition) is 3. The van der Waals surface area contributed by atoms with Crippen molar-refractivity contribution >= 4 is 5.91 Å². The molecule has 2 heterocycles. The van der Waals surface area contributed by atoms with Crippen molar-refractivity contribution in [2.45, 2.75) is 94.7 Å². The molecule has 2 saturated heterocycles. The summed E-state index contributed by atoms with van der Waals surface area (Å²) in [7, 11) is 2.05. The molecule has 2 aliphatic heterocycles. The van der Waals surface area contributed by atoms with Gasteiger partial charge < -0.3 is 16.0 Å². The Morgan fingerprint density at radius 2 is 1.96 bits per heavy atom. The molecule has 1 amide bonds. The van der Waals surface area contributed by atoms with Gasteiger partial charge in [-0.15, -0.1) is 0 Å². The third-order valence-corrected chi connectivity index (χ3v) is 7.79. The molecule has 0 bridgehead atoms. The lowest BCUT2D eigenvalue weighted by Crippen LogP contribution is -2.51. The van der Waals surface area contributed by atoms with Gasteiger partial charge in [-0.2, -0.15) is 0 Å². The highest BCUT2D eigenvalue weighted by molar-refractivity contribution is 5.82. The zero-order valence-corrected chi connectivity index (χ0v) is 16.9. The molecule has 4 fully saturated rings. The van der Waals surface area contributed by atoms with Crippen molar-refractivity contribution in [3.8, 4) is 0 Å². The van der Waals surface area contributed by atoms with Crippen LogP contribution in [0.1, 0.15) is 58.3 Å². The molecule has 2 saturated carbocycles. The number of rotatable bonds is 4. The van der Waals surface area contributed by atoms with Crippen LogP contribution in [0.15, 0.2) is 0 Å². The average molecular weight is 381 g/mol. The quantitative estimate of drug-likeness (QED) is 0.696. The molecule has 0 spiro atoms. The number of halogens is 1. The highest BCUT2D eigenvalue weighted by Gasteiger charge is 2.46. The van der Waals surface area contributed by atoms with Gasteiger partial charge in [-0.3, -0.25) is 9.69 Å². The van der Waals surface area contributed by atoms with Crippen molar-refractivity contribution in [2.24, 2.45) is 11.8 Å². The van der Waals surface area contributed by atoms with Crippen molar-refractivity contribution in [1.82, 2.24) is 20.9 Å². The molecule has 0 radical (unpaired) electrons. The fraction of sp³-hybridized carbons (Fsp3) is 0.952. The minimum atomic E-state index is -0.745. The lowest BCUT2D eigenvalue weighted by Gasteiger charge is -2.36. The number of carbonyl (C=O) groups excluding carboxylic acids is 1. The van der Waals surface area contributed by atoms with Crippen molar-refractivity contribution in [2.75, 3.05) is 20.1 Å². The van der Waals surface area contributed by atoms with Crippen LogP contribution >= 0.6 is 0 Å². The van der Waals surface area contributed by atoms with E-state index in [0.717, 1.165) is 25.8 Å². The number of likely N-dealkylation sites (N-methyl/N-ethyl adjacent to an activating group) is 1. The summed E-state index contributed by atoms with van der Waals surface area (Å²) in [6, 6.07) is 1.44. The van der Waals surface area contributed by atoms with E-state index < -0.39 is 6.17 Å². The van der Waals surface area contributed by atoms with E-state index in [9.17, 15) is 9.18 Å². The summed E-state index contributed by atoms with van der Waals surface area (Å²) in [4.78, 5) is 15.5. The first-order valence-electron chi connectivity index (χ1n) is 11.2. The van der Waals surface area contributed by atoms with Crippen molar-refractivity contribution < 1.29 is 9.18 Å². The molecule has 0 aromatic carbocycles. The molecule has 4 aliphatic rings. The number of fused-ring (bicyclic) bond motifs is 1. The second kappa shape index (κ2) is 8.34. The number of hydrogen-bond acceptors (Lipinski definition) is 4. The molecule has 4 rings (SSSR count). The number of likely N-dealkylation sites (tertiary alicyclic amines) is 1. The van der Waals surface area contributed by atoms with Gasteiger partial charge in [0.2, 0.25) is 5.91 Å². The standard InChI is InChI=1S/C21H37FN4O/c1-13-6-7-18(22)17-11-19(25-20(13)17)21(27)24-14-4-3-5-16(10-14)26-9-8-15(12-26)23-2/h13-20,23,25H,3-12H2,1-2H3,(H,24,27)/t13?,14-,15+,16-,17?,18?,19?,20?/m1/s1. The van der Waals surface area contributed by atoms with Crippen molar-refractivity contribution in [3.05, 3.63) is 0 Å². The summed E-state index contributed by atoms with van der Waals surface area (Å²) in [6.45, 7) is 4.49. The number of carbonyl (C=O) groups is 1. The summed E-state index contributed by atoms with van der Waals surface area (Å²) in [5.74, 6) is 0.588. The molecule has 5 unspecified atom stereocenters. The number of nitrogens with zero attached hydrogens (tertiary/aromatic N) is 1. The van der Waals surface area contributed by atoms with Gasteiger partial charge in [0.25, 0.3) is 0 Å². The first kappa shape index (κ1) is 19.6. The molecule has 154 valence electrons. The van der Waals surface area contributed by atoms with Crippen LogP contribution in [0.2, 0.25) is 0 Å². The third-order valence-electron chi connectivity index (χ3n) is 7.79. The van der Waals surface area contributed by atoms with Gasteiger partial charge in [0.15, 0.2) is 0 Å². The molecular formula is C21H37FN4O. The Labute approximate surface area is 163 Å². The van der Waals surface area contributed by atoms with Crippen LogP contribution in [0.25, 0.3) is 0 Å². The zero-order valence-electron chi connectivity index (χ0n) is 16.9. The van der Waals surface area contributed by atoms with Crippen molar-refractivity contribution in [3.63, 3.8) is 0 Å². The van der Waals surface area contributed by atoms with Gasteiger partial charge in [-0.1, -0.05) is 6.92 Å². The maximum atomic E-state index is 14.3. The minimum absolute atomic E-state index is 0.0201. The van der Waals surface area contributed by atoms with E-state index in [-0.39, 0.29) is 30.0 Å². The summed E-state index contributed by atoms with van der Waals surface area (Å²) in [6.07, 6.45) is 7.29. The summed E-state index contributed by atoms with van der Waals surface area (Å²) in [5.41, 5.74) is 0. The first-order valence-corrected chi connectivity index (χ1v) is 11.2. The average Bonchev–Trinajstić information content (AvgIpc) is 3.33. The summed E-state index contributed by atoms with van der Waals surface area (Å²) < 4.78 is 14.3. The Kier molecular flexibility index (Phi) is 6.05. The van der Waals surface area contributed by atoms with E-state index in [0.29, 0.717) is 30.8 Å². The van der Waals surface area contributed by atoms with E-state index in [1.54, 1.807) is 0 Å². The molecule has 2 aliphatic carbocycles. The molecule has 3 N–H and O–H groups in total. The van der Waals surface area contributed by atoms with Crippen LogP contribution in [-0.2, 0) is 4.79 Å². The monoisotopic (exact) mass is 380 g/mol. The Bertz CT molecular complexity index is 514. The molecule has 5 nitrogen and oxygen atoms in total. The van der Waals surface area contributed by atoms with Crippen LogP contribution in [0, 0.1) is 11.8 Å². The van der Waals surface area contributed by atoms with Gasteiger partial charge in [0.05, 0.1) is 6.04 Å². The molecule has 8 atom stereocenters. The lowest BCUT2D eigenvalue weighted by molar-refractivity contribution is -0.124. The Hall–Kier alpha value is -0.720. The van der Waals surface area contributed by atoms with E-state index in [1.165, 1.54) is 25.8 Å². The van der Waals surface area contributed by atoms with E-state index in [4.69, 9.17) is 0 Å². The largest absolute Gasteiger partial charge is 0.352 e. The smallest absolute Gasteiger partial charge is 0.237 e. The maximum Gasteiger partial charge on any atom is 0.237 e. The fourth-order valence-corrected chi connectivity index (χ4v) is 6.08. The van der Waals surface area contributed by atoms with Crippen LogP contribution in [0.5, 0.6) is 0 Å². The van der Waals surface area contributed by atoms with E-state index in [2.05, 4.69) is 27.8 Å². The Balaban J connectivity index is 1.29. The Morgan fingerprint density at radius 1 is 1.11 bits per heavy atom. The first-order chi connectivity index (χ1) is 13.0. The Morgan fingerprint density at radius 3 is 2.70 bits per heavy atom. The highest BCUT2D eigenvalue weighted by atomic mass is 19.1. The van der Waals surface area contributed by atoms with Gasteiger partial charge in [0.1, 0.15) is 6.17 Å². The molecule has 0 aromatic heterocycles. The molecule has 27 heavy (non-hydrogen) atoms. The SMILES string of the molecule is CN[C@H]1CCN([C@@H]2CCC[C@@H](NC(=O)C3CC4C(F)CCC(C)C4N3)C2)C1. The molecule has 6 heteroatoms. The van der Waals surface area contributed by atoms with Crippen LogP contribution in [-0.4, -0.2) is 67.3 Å². The van der Waals surface area contributed by atoms with Gasteiger partial charge in [0, 0.05) is 43.2 Å². The number of amides is 1. The maximum absolute atomic E-state index is 14.3. The second-order valence-corrected chi connectivity index (χ2v) is 9.51. The highest BCUT2D eigenvalue weighted by Crippen LogP contribution is 2.38. The van der Waals surface area contributed by atoms with Gasteiger partial charge in [-0.05, 0) is 64.3 Å². The third kappa shape index (κ3) is 4.18. The molecule has 0 aromatic rings. The van der Waals surface area contributed by atoms with Crippen LogP contribution in [0.3, 0.4) is 0 Å². The van der Waals surface area contributed by atoms with E-state index >= 15 is 0 Å². The number of alkyl halides is 1. The van der Waals surface area contributed by atoms with Crippen LogP contribution < -0.4 is 16.0 Å².